The van der Waals surface area contributed by atoms with Gasteiger partial charge >= 0.3 is 0 Å². The summed E-state index contributed by atoms with van der Waals surface area (Å²) in [5.41, 5.74) is 5.30. The van der Waals surface area contributed by atoms with Crippen molar-refractivity contribution < 1.29 is 23.5 Å². The summed E-state index contributed by atoms with van der Waals surface area (Å²) in [6.45, 7) is 2.42. The lowest BCUT2D eigenvalue weighted by molar-refractivity contribution is -0.134. The molecule has 8 heteroatoms. The Kier molecular flexibility index (Phi) is 7.06. The Morgan fingerprint density at radius 3 is 2.32 bits per heavy atom. The van der Waals surface area contributed by atoms with Gasteiger partial charge in [0.25, 0.3) is 11.8 Å². The maximum absolute atomic E-state index is 13.1. The number of halogens is 1. The highest BCUT2D eigenvalue weighted by Crippen LogP contribution is 2.22. The minimum absolute atomic E-state index is 0.188. The monoisotopic (exact) mass is 463 g/mol. The highest BCUT2D eigenvalue weighted by molar-refractivity contribution is 5.94. The molecule has 3 amide bonds. The molecule has 1 aliphatic rings. The smallest absolute Gasteiger partial charge is 0.279 e. The van der Waals surface area contributed by atoms with Gasteiger partial charge in [0.2, 0.25) is 5.91 Å². The summed E-state index contributed by atoms with van der Waals surface area (Å²) in [6.07, 6.45) is 0.131. The summed E-state index contributed by atoms with van der Waals surface area (Å²) >= 11 is 0. The van der Waals surface area contributed by atoms with Crippen LogP contribution in [0.25, 0.3) is 10.8 Å². The van der Waals surface area contributed by atoms with Crippen LogP contribution < -0.4 is 15.6 Å². The minimum Gasteiger partial charge on any atom is -0.481 e. The number of rotatable bonds is 5. The maximum Gasteiger partial charge on any atom is 0.279 e. The fourth-order valence-electron chi connectivity index (χ4n) is 3.95. The zero-order valence-electron chi connectivity index (χ0n) is 18.8. The fourth-order valence-corrected chi connectivity index (χ4v) is 3.95. The number of ether oxygens (including phenoxy) is 1. The third-order valence-corrected chi connectivity index (χ3v) is 5.96. The Labute approximate surface area is 196 Å². The molecule has 1 heterocycles. The molecule has 1 unspecified atom stereocenters. The Morgan fingerprint density at radius 1 is 0.941 bits per heavy atom. The number of hydrogen-bond acceptors (Lipinski definition) is 4. The molecule has 3 aromatic carbocycles. The van der Waals surface area contributed by atoms with Crippen LogP contribution in [0.5, 0.6) is 5.75 Å². The van der Waals surface area contributed by atoms with Crippen LogP contribution in [-0.2, 0) is 9.59 Å². The first-order valence-corrected chi connectivity index (χ1v) is 11.2. The van der Waals surface area contributed by atoms with E-state index in [1.165, 1.54) is 24.3 Å². The van der Waals surface area contributed by atoms with Crippen LogP contribution in [-0.4, -0.2) is 41.8 Å². The van der Waals surface area contributed by atoms with Crippen molar-refractivity contribution in [3.8, 4) is 5.75 Å². The predicted molar refractivity (Wildman–Crippen MR) is 125 cm³/mol. The van der Waals surface area contributed by atoms with E-state index in [1.54, 1.807) is 17.9 Å². The molecule has 3 aromatic rings. The average Bonchev–Trinajstić information content (AvgIpc) is 2.87. The molecular formula is C26H26FN3O4. The zero-order chi connectivity index (χ0) is 24.1. The highest BCUT2D eigenvalue weighted by atomic mass is 19.1. The lowest BCUT2D eigenvalue weighted by Gasteiger charge is -2.31. The van der Waals surface area contributed by atoms with E-state index < -0.39 is 17.8 Å². The standard InChI is InChI=1S/C26H26FN3O4/c1-17(34-23-11-8-18-4-2-3-5-21(18)16-23)24(31)28-29-25(32)19-12-14-30(15-13-19)26(33)20-6-9-22(27)10-7-20/h2-11,16-17,19H,12-15H2,1H3,(H,28,31)(H,29,32). The topological polar surface area (TPSA) is 87.7 Å². The summed E-state index contributed by atoms with van der Waals surface area (Å²) in [6, 6.07) is 18.8. The van der Waals surface area contributed by atoms with Crippen LogP contribution in [0.3, 0.4) is 0 Å². The average molecular weight is 464 g/mol. The first-order valence-electron chi connectivity index (χ1n) is 11.2. The number of benzene rings is 3. The van der Waals surface area contributed by atoms with E-state index in [4.69, 9.17) is 4.74 Å². The van der Waals surface area contributed by atoms with E-state index in [0.717, 1.165) is 10.8 Å². The fraction of sp³-hybridized carbons (Fsp3) is 0.269. The molecule has 1 saturated heterocycles. The van der Waals surface area contributed by atoms with E-state index in [2.05, 4.69) is 10.9 Å². The first kappa shape index (κ1) is 23.2. The number of likely N-dealkylation sites (tertiary alicyclic amines) is 1. The molecule has 34 heavy (non-hydrogen) atoms. The van der Waals surface area contributed by atoms with Gasteiger partial charge in [-0.05, 0) is 66.9 Å². The van der Waals surface area contributed by atoms with Crippen molar-refractivity contribution >= 4 is 28.5 Å². The summed E-state index contributed by atoms with van der Waals surface area (Å²) in [7, 11) is 0. The van der Waals surface area contributed by atoms with Crippen LogP contribution in [0, 0.1) is 11.7 Å². The van der Waals surface area contributed by atoms with Crippen molar-refractivity contribution in [2.45, 2.75) is 25.9 Å². The second-order valence-electron chi connectivity index (χ2n) is 8.32. The molecular weight excluding hydrogens is 437 g/mol. The normalized spacial score (nSPS) is 14.9. The number of piperidine rings is 1. The third-order valence-electron chi connectivity index (χ3n) is 5.96. The Balaban J connectivity index is 1.22. The van der Waals surface area contributed by atoms with Gasteiger partial charge < -0.3 is 9.64 Å². The lowest BCUT2D eigenvalue weighted by atomic mass is 9.95. The number of hydrogen-bond donors (Lipinski definition) is 2. The van der Waals surface area contributed by atoms with Gasteiger partial charge in [-0.1, -0.05) is 30.3 Å². The van der Waals surface area contributed by atoms with Crippen molar-refractivity contribution in [3.05, 3.63) is 78.1 Å². The van der Waals surface area contributed by atoms with Gasteiger partial charge in [0, 0.05) is 24.6 Å². The summed E-state index contributed by atoms with van der Waals surface area (Å²) in [5.74, 6) is -1.12. The number of nitrogens with one attached hydrogen (secondary N) is 2. The Hall–Kier alpha value is -3.94. The molecule has 0 aliphatic carbocycles. The van der Waals surface area contributed by atoms with Gasteiger partial charge in [-0.2, -0.15) is 0 Å². The van der Waals surface area contributed by atoms with Crippen molar-refractivity contribution in [1.29, 1.82) is 0 Å². The number of carbonyl (C=O) groups is 3. The maximum atomic E-state index is 13.1. The number of fused-ring (bicyclic) bond motifs is 1. The molecule has 0 aromatic heterocycles. The van der Waals surface area contributed by atoms with Gasteiger partial charge in [0.1, 0.15) is 11.6 Å². The molecule has 0 saturated carbocycles. The summed E-state index contributed by atoms with van der Waals surface area (Å²) < 4.78 is 18.8. The van der Waals surface area contributed by atoms with Crippen LogP contribution in [0.1, 0.15) is 30.1 Å². The number of nitrogens with zero attached hydrogens (tertiary/aromatic N) is 1. The number of amides is 3. The lowest BCUT2D eigenvalue weighted by Crippen LogP contribution is -2.51. The van der Waals surface area contributed by atoms with E-state index in [9.17, 15) is 18.8 Å². The Morgan fingerprint density at radius 2 is 1.62 bits per heavy atom. The molecule has 1 aliphatic heterocycles. The number of hydrazine groups is 1. The van der Waals surface area contributed by atoms with Gasteiger partial charge in [0.05, 0.1) is 0 Å². The molecule has 7 nitrogen and oxygen atoms in total. The van der Waals surface area contributed by atoms with Crippen LogP contribution in [0.2, 0.25) is 0 Å². The van der Waals surface area contributed by atoms with Crippen LogP contribution in [0.15, 0.2) is 66.7 Å². The van der Waals surface area contributed by atoms with E-state index in [0.29, 0.717) is 37.2 Å². The third kappa shape index (κ3) is 5.51. The molecule has 1 fully saturated rings. The van der Waals surface area contributed by atoms with E-state index >= 15 is 0 Å². The number of carbonyl (C=O) groups excluding carboxylic acids is 3. The summed E-state index contributed by atoms with van der Waals surface area (Å²) in [5, 5.41) is 2.08. The molecule has 2 N–H and O–H groups in total. The molecule has 0 bridgehead atoms. The molecule has 0 spiro atoms. The van der Waals surface area contributed by atoms with Crippen molar-refractivity contribution in [2.75, 3.05) is 13.1 Å². The zero-order valence-corrected chi connectivity index (χ0v) is 18.8. The summed E-state index contributed by atoms with van der Waals surface area (Å²) in [4.78, 5) is 39.1. The largest absolute Gasteiger partial charge is 0.481 e. The van der Waals surface area contributed by atoms with Gasteiger partial charge in [-0.15, -0.1) is 0 Å². The van der Waals surface area contributed by atoms with Crippen molar-refractivity contribution in [1.82, 2.24) is 15.8 Å². The second-order valence-corrected chi connectivity index (χ2v) is 8.32. The van der Waals surface area contributed by atoms with E-state index in [-0.39, 0.29) is 17.7 Å². The van der Waals surface area contributed by atoms with Gasteiger partial charge in [0.15, 0.2) is 6.10 Å². The van der Waals surface area contributed by atoms with Crippen molar-refractivity contribution in [3.63, 3.8) is 0 Å². The molecule has 0 radical (unpaired) electrons. The first-order chi connectivity index (χ1) is 16.4. The molecule has 1 atom stereocenters. The molecule has 176 valence electrons. The minimum atomic E-state index is -0.809. The quantitative estimate of drug-likeness (QED) is 0.568. The van der Waals surface area contributed by atoms with Crippen LogP contribution in [0.4, 0.5) is 4.39 Å². The Bertz CT molecular complexity index is 1190. The predicted octanol–water partition coefficient (Wildman–Crippen LogP) is 3.45. The highest BCUT2D eigenvalue weighted by Gasteiger charge is 2.28. The second kappa shape index (κ2) is 10.3. The van der Waals surface area contributed by atoms with Crippen LogP contribution >= 0.6 is 0 Å². The van der Waals surface area contributed by atoms with Gasteiger partial charge in [-0.25, -0.2) is 4.39 Å². The van der Waals surface area contributed by atoms with E-state index in [1.807, 2.05) is 36.4 Å². The SMILES string of the molecule is CC(Oc1ccc2ccccc2c1)C(=O)NNC(=O)C1CCN(C(=O)c2ccc(F)cc2)CC1. The molecule has 4 rings (SSSR count). The van der Waals surface area contributed by atoms with Crippen molar-refractivity contribution in [2.24, 2.45) is 5.92 Å². The van der Waals surface area contributed by atoms with Gasteiger partial charge in [-0.3, -0.25) is 25.2 Å².